The van der Waals surface area contributed by atoms with Crippen LogP contribution in [0.1, 0.15) is 40.5 Å². The molecule has 1 unspecified atom stereocenters. The predicted molar refractivity (Wildman–Crippen MR) is 66.0 cm³/mol. The Morgan fingerprint density at radius 2 is 1.50 bits per heavy atom. The Bertz CT molecular complexity index is 198. The van der Waals surface area contributed by atoms with Crippen molar-refractivity contribution in [3.8, 4) is 0 Å². The summed E-state index contributed by atoms with van der Waals surface area (Å²) in [6.07, 6.45) is 0.961. The highest BCUT2D eigenvalue weighted by Gasteiger charge is 2.30. The topological polar surface area (TPSA) is 43.7 Å². The van der Waals surface area contributed by atoms with Gasteiger partial charge in [0.25, 0.3) is 0 Å². The molecule has 0 aliphatic carbocycles. The maximum Gasteiger partial charge on any atom is 0.133 e. The molecule has 2 atom stereocenters. The van der Waals surface area contributed by atoms with Gasteiger partial charge in [-0.15, -0.1) is 0 Å². The molecule has 1 aliphatic heterocycles. The lowest BCUT2D eigenvalue weighted by Gasteiger charge is -2.38. The molecular weight excluding hydrogens is 202 g/mol. The lowest BCUT2D eigenvalue weighted by molar-refractivity contribution is -0.110. The summed E-state index contributed by atoms with van der Waals surface area (Å²) in [7, 11) is 0. The number of nitrogens with zero attached hydrogens (tertiary/aromatic N) is 1. The fraction of sp³-hybridized carbons (Fsp3) is 1.00. The smallest absolute Gasteiger partial charge is 0.133 e. The molecule has 0 amide bonds. The minimum atomic E-state index is -0.687. The molecule has 16 heavy (non-hydrogen) atoms. The highest BCUT2D eigenvalue weighted by Crippen LogP contribution is 2.26. The Morgan fingerprint density at radius 3 is 1.88 bits per heavy atom. The molecule has 1 aliphatic rings. The highest BCUT2D eigenvalue weighted by molar-refractivity contribution is 4.79. The van der Waals surface area contributed by atoms with Crippen LogP contribution in [0.5, 0.6) is 0 Å². The van der Waals surface area contributed by atoms with E-state index in [1.165, 1.54) is 0 Å². The van der Waals surface area contributed by atoms with Gasteiger partial charge in [-0.2, -0.15) is 0 Å². The maximum absolute atomic E-state index is 10.0. The average Bonchev–Trinajstić information content (AvgIpc) is 2.27. The van der Waals surface area contributed by atoms with Crippen molar-refractivity contribution in [3.63, 3.8) is 0 Å². The van der Waals surface area contributed by atoms with Crippen molar-refractivity contribution in [3.05, 3.63) is 0 Å². The van der Waals surface area contributed by atoms with Gasteiger partial charge in [0, 0.05) is 13.1 Å². The molecule has 0 spiro atoms. The van der Waals surface area contributed by atoms with E-state index in [2.05, 4.69) is 13.8 Å². The first-order valence-electron chi connectivity index (χ1n) is 6.53. The zero-order valence-corrected chi connectivity index (χ0v) is 11.1. The second-order valence-electron chi connectivity index (χ2n) is 5.77. The Labute approximate surface area is 99.5 Å². The molecule has 1 fully saturated rings. The molecule has 0 aromatic carbocycles. The van der Waals surface area contributed by atoms with Gasteiger partial charge in [0.2, 0.25) is 0 Å². The zero-order chi connectivity index (χ0) is 12.3. The van der Waals surface area contributed by atoms with E-state index in [0.29, 0.717) is 0 Å². The molecule has 3 heteroatoms. The van der Waals surface area contributed by atoms with Crippen LogP contribution in [0.15, 0.2) is 0 Å². The lowest BCUT2D eigenvalue weighted by Crippen LogP contribution is -2.49. The van der Waals surface area contributed by atoms with Crippen molar-refractivity contribution in [1.82, 2.24) is 4.90 Å². The SMILES string of the molecule is CC(C)C1CCN(C(O)[C@H](O)C(C)C)CC1. The van der Waals surface area contributed by atoms with E-state index in [1.807, 2.05) is 18.7 Å². The molecule has 1 heterocycles. The van der Waals surface area contributed by atoms with E-state index in [9.17, 15) is 10.2 Å². The average molecular weight is 229 g/mol. The summed E-state index contributed by atoms with van der Waals surface area (Å²) in [6, 6.07) is 0. The molecule has 1 rings (SSSR count). The first-order chi connectivity index (χ1) is 7.43. The summed E-state index contributed by atoms with van der Waals surface area (Å²) in [5, 5.41) is 19.8. The number of hydrogen-bond donors (Lipinski definition) is 2. The number of hydrogen-bond acceptors (Lipinski definition) is 3. The minimum absolute atomic E-state index is 0.109. The van der Waals surface area contributed by atoms with Crippen molar-refractivity contribution >= 4 is 0 Å². The first kappa shape index (κ1) is 13.9. The summed E-state index contributed by atoms with van der Waals surface area (Å²) < 4.78 is 0. The Morgan fingerprint density at radius 1 is 1.00 bits per heavy atom. The molecule has 0 radical (unpaired) electrons. The summed E-state index contributed by atoms with van der Waals surface area (Å²) >= 11 is 0. The second-order valence-corrected chi connectivity index (χ2v) is 5.77. The number of piperidine rings is 1. The molecule has 1 saturated heterocycles. The number of rotatable bonds is 4. The zero-order valence-electron chi connectivity index (χ0n) is 11.1. The number of aliphatic hydroxyl groups excluding tert-OH is 2. The summed E-state index contributed by atoms with van der Waals surface area (Å²) in [6.45, 7) is 10.2. The van der Waals surface area contributed by atoms with E-state index in [4.69, 9.17) is 0 Å². The van der Waals surface area contributed by atoms with Gasteiger partial charge < -0.3 is 10.2 Å². The second kappa shape index (κ2) is 5.99. The molecule has 0 saturated carbocycles. The van der Waals surface area contributed by atoms with Crippen LogP contribution in [-0.2, 0) is 0 Å². The van der Waals surface area contributed by atoms with Crippen LogP contribution in [0.3, 0.4) is 0 Å². The number of likely N-dealkylation sites (tertiary alicyclic amines) is 1. The molecular formula is C13H27NO2. The maximum atomic E-state index is 10.0. The van der Waals surface area contributed by atoms with E-state index in [0.717, 1.165) is 37.8 Å². The van der Waals surface area contributed by atoms with Crippen molar-refractivity contribution in [2.24, 2.45) is 17.8 Å². The van der Waals surface area contributed by atoms with E-state index >= 15 is 0 Å². The van der Waals surface area contributed by atoms with Crippen LogP contribution >= 0.6 is 0 Å². The van der Waals surface area contributed by atoms with Gasteiger partial charge in [-0.25, -0.2) is 0 Å². The van der Waals surface area contributed by atoms with E-state index in [-0.39, 0.29) is 5.92 Å². The van der Waals surface area contributed by atoms with Gasteiger partial charge in [0.15, 0.2) is 0 Å². The third kappa shape index (κ3) is 3.44. The van der Waals surface area contributed by atoms with E-state index < -0.39 is 12.3 Å². The fourth-order valence-corrected chi connectivity index (χ4v) is 2.41. The standard InChI is InChI=1S/C13H27NO2/c1-9(2)11-5-7-14(8-6-11)13(16)12(15)10(3)4/h9-13,15-16H,5-8H2,1-4H3/t12-,13?/m1/s1. The first-order valence-corrected chi connectivity index (χ1v) is 6.53. The van der Waals surface area contributed by atoms with Gasteiger partial charge in [0.1, 0.15) is 6.23 Å². The van der Waals surface area contributed by atoms with Crippen molar-refractivity contribution in [2.75, 3.05) is 13.1 Å². The molecule has 2 N–H and O–H groups in total. The molecule has 0 aromatic rings. The minimum Gasteiger partial charge on any atom is -0.389 e. The Hall–Kier alpha value is -0.120. The van der Waals surface area contributed by atoms with Crippen LogP contribution in [-0.4, -0.2) is 40.5 Å². The summed E-state index contributed by atoms with van der Waals surface area (Å²) in [5.41, 5.74) is 0. The van der Waals surface area contributed by atoms with E-state index in [1.54, 1.807) is 0 Å². The van der Waals surface area contributed by atoms with Crippen LogP contribution in [0.2, 0.25) is 0 Å². The fourth-order valence-electron chi connectivity index (χ4n) is 2.41. The van der Waals surface area contributed by atoms with Crippen molar-refractivity contribution in [1.29, 1.82) is 0 Å². The third-order valence-corrected chi connectivity index (χ3v) is 3.88. The summed E-state index contributed by atoms with van der Waals surface area (Å²) in [5.74, 6) is 1.62. The lowest BCUT2D eigenvalue weighted by atomic mass is 9.86. The predicted octanol–water partition coefficient (Wildman–Crippen LogP) is 1.69. The van der Waals surface area contributed by atoms with Crippen LogP contribution in [0, 0.1) is 17.8 Å². The van der Waals surface area contributed by atoms with Crippen LogP contribution in [0.4, 0.5) is 0 Å². The summed E-state index contributed by atoms with van der Waals surface area (Å²) in [4.78, 5) is 2.02. The van der Waals surface area contributed by atoms with Crippen LogP contribution < -0.4 is 0 Å². The largest absolute Gasteiger partial charge is 0.389 e. The van der Waals surface area contributed by atoms with Gasteiger partial charge in [-0.1, -0.05) is 27.7 Å². The number of aliphatic hydroxyl groups is 2. The quantitative estimate of drug-likeness (QED) is 0.771. The Balaban J connectivity index is 2.41. The third-order valence-electron chi connectivity index (χ3n) is 3.88. The van der Waals surface area contributed by atoms with Crippen molar-refractivity contribution in [2.45, 2.75) is 52.9 Å². The Kier molecular flexibility index (Phi) is 5.22. The molecule has 3 nitrogen and oxygen atoms in total. The highest BCUT2D eigenvalue weighted by atomic mass is 16.3. The van der Waals surface area contributed by atoms with Gasteiger partial charge in [-0.05, 0) is 30.6 Å². The van der Waals surface area contributed by atoms with Gasteiger partial charge in [0.05, 0.1) is 6.10 Å². The van der Waals surface area contributed by atoms with Gasteiger partial charge in [-0.3, -0.25) is 4.90 Å². The van der Waals surface area contributed by atoms with Crippen LogP contribution in [0.25, 0.3) is 0 Å². The molecule has 96 valence electrons. The normalized spacial score (nSPS) is 24.0. The van der Waals surface area contributed by atoms with Crippen molar-refractivity contribution < 1.29 is 10.2 Å². The molecule has 0 bridgehead atoms. The van der Waals surface area contributed by atoms with Gasteiger partial charge >= 0.3 is 0 Å². The molecule has 0 aromatic heterocycles. The monoisotopic (exact) mass is 229 g/mol.